The van der Waals surface area contributed by atoms with Gasteiger partial charge in [0.05, 0.1) is 6.04 Å². The average molecular weight is 388 g/mol. The molecule has 28 heavy (non-hydrogen) atoms. The number of ether oxygens (including phenoxy) is 1. The fourth-order valence-electron chi connectivity index (χ4n) is 2.41. The van der Waals surface area contributed by atoms with Gasteiger partial charge in [-0.2, -0.15) is 4.79 Å². The smallest absolute Gasteiger partial charge is 0.329 e. The van der Waals surface area contributed by atoms with Gasteiger partial charge in [0.15, 0.2) is 0 Å². The predicted octanol–water partition coefficient (Wildman–Crippen LogP) is 1.42. The normalized spacial score (nSPS) is 13.0. The van der Waals surface area contributed by atoms with E-state index in [-0.39, 0.29) is 12.8 Å². The highest BCUT2D eigenvalue weighted by Crippen LogP contribution is 2.11. The molecular weight excluding hydrogens is 360 g/mol. The summed E-state index contributed by atoms with van der Waals surface area (Å²) in [4.78, 5) is 39.0. The molecule has 0 unspecified atom stereocenters. The molecule has 3 N–H and O–H groups in total. The summed E-state index contributed by atoms with van der Waals surface area (Å²) in [6.07, 6.45) is 1.70. The second-order valence-corrected chi connectivity index (χ2v) is 7.47. The van der Waals surface area contributed by atoms with E-state index in [1.54, 1.807) is 20.8 Å². The third-order valence-corrected chi connectivity index (χ3v) is 3.81. The molecule has 1 rings (SSSR count). The molecule has 0 aliphatic rings. The van der Waals surface area contributed by atoms with Crippen molar-refractivity contribution in [1.82, 2.24) is 5.32 Å². The number of hydrogen-bond acceptors (Lipinski definition) is 5. The fourth-order valence-corrected chi connectivity index (χ4v) is 2.41. The number of aryl methyl sites for hydroxylation is 1. The van der Waals surface area contributed by atoms with Crippen LogP contribution in [0.2, 0.25) is 0 Å². The molecule has 1 aromatic carbocycles. The van der Waals surface area contributed by atoms with Crippen LogP contribution in [-0.4, -0.2) is 46.3 Å². The first-order valence-corrected chi connectivity index (χ1v) is 9.15. The first kappa shape index (κ1) is 23.2. The molecule has 0 fully saturated rings. The molecular formula is C20H28N4O4. The van der Waals surface area contributed by atoms with Crippen LogP contribution in [-0.2, 0) is 25.5 Å². The summed E-state index contributed by atoms with van der Waals surface area (Å²) >= 11 is 0. The van der Waals surface area contributed by atoms with Crippen molar-refractivity contribution in [1.29, 1.82) is 0 Å². The molecule has 0 spiro atoms. The molecule has 1 aromatic rings. The second-order valence-electron chi connectivity index (χ2n) is 7.47. The van der Waals surface area contributed by atoms with E-state index in [0.717, 1.165) is 11.8 Å². The minimum Gasteiger partial charge on any atom is -0.458 e. The molecule has 0 saturated carbocycles. The van der Waals surface area contributed by atoms with E-state index >= 15 is 0 Å². The van der Waals surface area contributed by atoms with Gasteiger partial charge in [-0.25, -0.2) is 4.79 Å². The number of nitrogens with zero attached hydrogens (tertiary/aromatic N) is 2. The summed E-state index contributed by atoms with van der Waals surface area (Å²) in [6.45, 7) is 5.12. The fraction of sp³-hybridized carbons (Fsp3) is 0.500. The van der Waals surface area contributed by atoms with Crippen molar-refractivity contribution in [2.24, 2.45) is 5.73 Å². The monoisotopic (exact) mass is 388 g/mol. The van der Waals surface area contributed by atoms with Crippen molar-refractivity contribution >= 4 is 23.9 Å². The van der Waals surface area contributed by atoms with Crippen molar-refractivity contribution < 1.29 is 23.9 Å². The maximum atomic E-state index is 12.4. The van der Waals surface area contributed by atoms with Crippen LogP contribution in [0.5, 0.6) is 0 Å². The third-order valence-electron chi connectivity index (χ3n) is 3.81. The van der Waals surface area contributed by atoms with Crippen molar-refractivity contribution in [3.05, 3.63) is 41.4 Å². The van der Waals surface area contributed by atoms with E-state index in [9.17, 15) is 14.4 Å². The van der Waals surface area contributed by atoms with Crippen molar-refractivity contribution in [2.75, 3.05) is 0 Å². The van der Waals surface area contributed by atoms with Gasteiger partial charge in [-0.05, 0) is 45.6 Å². The van der Waals surface area contributed by atoms with Crippen LogP contribution in [0.15, 0.2) is 30.3 Å². The van der Waals surface area contributed by atoms with Crippen LogP contribution in [0.3, 0.4) is 0 Å². The molecule has 0 aliphatic carbocycles. The number of ketones is 1. The molecule has 0 radical (unpaired) electrons. The lowest BCUT2D eigenvalue weighted by Gasteiger charge is -2.25. The average Bonchev–Trinajstić information content (AvgIpc) is 2.62. The summed E-state index contributed by atoms with van der Waals surface area (Å²) < 4.78 is 5.31. The summed E-state index contributed by atoms with van der Waals surface area (Å²) in [5, 5.41) is 2.58. The Morgan fingerprint density at radius 3 is 2.43 bits per heavy atom. The molecule has 0 aliphatic heterocycles. The first-order valence-electron chi connectivity index (χ1n) is 9.15. The maximum Gasteiger partial charge on any atom is 0.329 e. The van der Waals surface area contributed by atoms with E-state index < -0.39 is 35.3 Å². The Morgan fingerprint density at radius 1 is 1.21 bits per heavy atom. The summed E-state index contributed by atoms with van der Waals surface area (Å²) in [6, 6.07) is 7.79. The van der Waals surface area contributed by atoms with Gasteiger partial charge in [-0.1, -0.05) is 30.3 Å². The zero-order chi connectivity index (χ0) is 21.2. The lowest BCUT2D eigenvalue weighted by molar-refractivity contribution is -0.159. The van der Waals surface area contributed by atoms with E-state index in [2.05, 4.69) is 10.1 Å². The Morgan fingerprint density at radius 2 is 1.86 bits per heavy atom. The Balaban J connectivity index is 2.70. The number of esters is 1. The van der Waals surface area contributed by atoms with Crippen LogP contribution in [0, 0.1) is 0 Å². The van der Waals surface area contributed by atoms with Crippen molar-refractivity contribution in [2.45, 2.75) is 64.1 Å². The molecule has 152 valence electrons. The van der Waals surface area contributed by atoms with Crippen molar-refractivity contribution in [3.63, 3.8) is 0 Å². The molecule has 0 heterocycles. The Hall–Kier alpha value is -2.83. The van der Waals surface area contributed by atoms with Crippen LogP contribution in [0.1, 0.15) is 45.6 Å². The molecule has 0 bridgehead atoms. The summed E-state index contributed by atoms with van der Waals surface area (Å²) in [5.41, 5.74) is 14.7. The molecule has 1 amide bonds. The first-order chi connectivity index (χ1) is 13.1. The quantitative estimate of drug-likeness (QED) is 0.270. The Labute approximate surface area is 165 Å². The van der Waals surface area contributed by atoms with Gasteiger partial charge in [-0.15, -0.1) is 0 Å². The Kier molecular flexibility index (Phi) is 9.21. The SMILES string of the molecule is CC(C)(C)OC(=O)[C@H](CCC(=O)C=[N+]=[N-])NC(=O)[C@@H](N)CCc1ccccc1. The lowest BCUT2D eigenvalue weighted by atomic mass is 10.0. The van der Waals surface area contributed by atoms with E-state index in [0.29, 0.717) is 12.8 Å². The molecule has 8 heteroatoms. The number of carbonyl (C=O) groups is 3. The number of nitrogens with two attached hydrogens (primary N) is 1. The maximum absolute atomic E-state index is 12.4. The van der Waals surface area contributed by atoms with Crippen LogP contribution >= 0.6 is 0 Å². The summed E-state index contributed by atoms with van der Waals surface area (Å²) in [7, 11) is 0. The predicted molar refractivity (Wildman–Crippen MR) is 104 cm³/mol. The highest BCUT2D eigenvalue weighted by molar-refractivity contribution is 6.25. The number of nitrogens with one attached hydrogen (secondary N) is 1. The van der Waals surface area contributed by atoms with E-state index in [4.69, 9.17) is 16.0 Å². The van der Waals surface area contributed by atoms with Crippen LogP contribution < -0.4 is 11.1 Å². The standard InChI is InChI=1S/C20H28N4O4/c1-20(2,3)28-19(27)17(12-10-15(25)13-23-22)24-18(26)16(21)11-9-14-7-5-4-6-8-14/h4-8,13,16-17H,9-12,21H2,1-3H3,(H,24,26)/t16-,17-/m0/s1. The largest absolute Gasteiger partial charge is 0.458 e. The van der Waals surface area contributed by atoms with Gasteiger partial charge in [0, 0.05) is 6.42 Å². The van der Waals surface area contributed by atoms with E-state index in [1.165, 1.54) is 0 Å². The molecule has 8 nitrogen and oxygen atoms in total. The van der Waals surface area contributed by atoms with Gasteiger partial charge >= 0.3 is 12.2 Å². The number of benzene rings is 1. The topological polar surface area (TPSA) is 135 Å². The lowest BCUT2D eigenvalue weighted by Crippen LogP contribution is -2.50. The highest BCUT2D eigenvalue weighted by atomic mass is 16.6. The number of amides is 1. The van der Waals surface area contributed by atoms with E-state index in [1.807, 2.05) is 30.3 Å². The minimum atomic E-state index is -1.02. The molecule has 0 saturated heterocycles. The number of rotatable bonds is 10. The summed E-state index contributed by atoms with van der Waals surface area (Å²) in [5.74, 6) is -1.61. The zero-order valence-electron chi connectivity index (χ0n) is 16.6. The van der Waals surface area contributed by atoms with Gasteiger partial charge in [-0.3, -0.25) is 9.59 Å². The third kappa shape index (κ3) is 9.21. The van der Waals surface area contributed by atoms with Crippen LogP contribution in [0.4, 0.5) is 0 Å². The molecule has 2 atom stereocenters. The zero-order valence-corrected chi connectivity index (χ0v) is 16.6. The van der Waals surface area contributed by atoms with Gasteiger partial charge < -0.3 is 21.3 Å². The number of Topliss-reactive ketones (excluding diaryl/α,β-unsaturated/α-hetero) is 1. The van der Waals surface area contributed by atoms with Gasteiger partial charge in [0.25, 0.3) is 0 Å². The minimum absolute atomic E-state index is 0.0108. The second kappa shape index (κ2) is 11.1. The number of carbonyl (C=O) groups excluding carboxylic acids is 3. The Bertz CT molecular complexity index is 721. The number of hydrogen-bond donors (Lipinski definition) is 2. The highest BCUT2D eigenvalue weighted by Gasteiger charge is 2.28. The van der Waals surface area contributed by atoms with Gasteiger partial charge in [0.1, 0.15) is 11.6 Å². The van der Waals surface area contributed by atoms with Crippen LogP contribution in [0.25, 0.3) is 5.53 Å². The molecule has 0 aromatic heterocycles. The van der Waals surface area contributed by atoms with Crippen molar-refractivity contribution in [3.8, 4) is 0 Å². The van der Waals surface area contributed by atoms with Gasteiger partial charge in [0.2, 0.25) is 11.7 Å².